The molecule has 150 valence electrons. The van der Waals surface area contributed by atoms with Crippen molar-refractivity contribution in [3.05, 3.63) is 56.7 Å². The first kappa shape index (κ1) is 19.1. The number of ketones is 1. The summed E-state index contributed by atoms with van der Waals surface area (Å²) < 4.78 is 1.84. The van der Waals surface area contributed by atoms with Crippen molar-refractivity contribution in [2.75, 3.05) is 0 Å². The minimum absolute atomic E-state index is 0.0668. The lowest BCUT2D eigenvalue weighted by Gasteiger charge is -2.21. The zero-order valence-corrected chi connectivity index (χ0v) is 18.0. The number of hydrogen-bond acceptors (Lipinski definition) is 5. The minimum Gasteiger partial charge on any atom is -0.298 e. The summed E-state index contributed by atoms with van der Waals surface area (Å²) in [4.78, 5) is 33.1. The van der Waals surface area contributed by atoms with Gasteiger partial charge in [0.15, 0.2) is 5.16 Å². The number of fused-ring (bicyclic) bond motifs is 3. The van der Waals surface area contributed by atoms with E-state index in [1.165, 1.54) is 27.8 Å². The molecule has 1 fully saturated rings. The van der Waals surface area contributed by atoms with Crippen LogP contribution in [0.3, 0.4) is 0 Å². The van der Waals surface area contributed by atoms with Crippen molar-refractivity contribution < 1.29 is 4.79 Å². The Morgan fingerprint density at radius 2 is 1.93 bits per heavy atom. The van der Waals surface area contributed by atoms with Crippen molar-refractivity contribution in [1.29, 1.82) is 0 Å². The van der Waals surface area contributed by atoms with E-state index in [9.17, 15) is 9.59 Å². The fourth-order valence-electron chi connectivity index (χ4n) is 4.43. The first-order valence-electron chi connectivity index (χ1n) is 10.5. The van der Waals surface area contributed by atoms with Gasteiger partial charge in [-0.2, -0.15) is 0 Å². The van der Waals surface area contributed by atoms with E-state index in [2.05, 4.69) is 12.1 Å². The smallest absolute Gasteiger partial charge is 0.263 e. The van der Waals surface area contributed by atoms with Crippen molar-refractivity contribution in [3.8, 4) is 0 Å². The second-order valence-electron chi connectivity index (χ2n) is 7.94. The third-order valence-corrected chi connectivity index (χ3v) is 8.49. The Kier molecular flexibility index (Phi) is 5.31. The Morgan fingerprint density at radius 1 is 1.07 bits per heavy atom. The second kappa shape index (κ2) is 8.07. The van der Waals surface area contributed by atoms with Crippen molar-refractivity contribution in [2.24, 2.45) is 0 Å². The Labute approximate surface area is 178 Å². The molecule has 6 heteroatoms. The first-order valence-corrected chi connectivity index (χ1v) is 12.2. The van der Waals surface area contributed by atoms with Crippen LogP contribution in [0, 0.1) is 0 Å². The van der Waals surface area contributed by atoms with Gasteiger partial charge in [0, 0.05) is 17.8 Å². The van der Waals surface area contributed by atoms with Crippen LogP contribution in [0.4, 0.5) is 0 Å². The summed E-state index contributed by atoms with van der Waals surface area (Å²) in [5.74, 6) is 0.305. The average Bonchev–Trinajstić information content (AvgIpc) is 3.31. The van der Waals surface area contributed by atoms with E-state index < -0.39 is 0 Å². The fraction of sp³-hybridized carbons (Fsp3) is 0.435. The van der Waals surface area contributed by atoms with E-state index in [0.29, 0.717) is 18.7 Å². The lowest BCUT2D eigenvalue weighted by Crippen LogP contribution is -2.27. The molecule has 3 aromatic rings. The van der Waals surface area contributed by atoms with Crippen LogP contribution in [0.5, 0.6) is 0 Å². The van der Waals surface area contributed by atoms with Crippen LogP contribution in [0.2, 0.25) is 0 Å². The number of aryl methyl sites for hydroxylation is 3. The highest BCUT2D eigenvalue weighted by Gasteiger charge is 2.28. The standard InChI is InChI=1S/C23H24N2O2S2/c26-17-10-4-5-11-19(17)29-23-24-21-20(16-9-6-12-18(16)28-21)22(27)25(23)14-13-15-7-2-1-3-8-15/h1-3,7-8,19H,4-6,9-14H2. The fourth-order valence-corrected chi connectivity index (χ4v) is 6.98. The molecule has 0 amide bonds. The Morgan fingerprint density at radius 3 is 2.76 bits per heavy atom. The van der Waals surface area contributed by atoms with Gasteiger partial charge in [0.1, 0.15) is 10.6 Å². The molecule has 29 heavy (non-hydrogen) atoms. The largest absolute Gasteiger partial charge is 0.298 e. The summed E-state index contributed by atoms with van der Waals surface area (Å²) in [5.41, 5.74) is 2.51. The normalized spacial score (nSPS) is 19.0. The van der Waals surface area contributed by atoms with Crippen molar-refractivity contribution >= 4 is 39.1 Å². The molecule has 5 rings (SSSR count). The number of benzene rings is 1. The zero-order valence-electron chi connectivity index (χ0n) is 16.4. The van der Waals surface area contributed by atoms with Crippen molar-refractivity contribution in [3.63, 3.8) is 0 Å². The summed E-state index contributed by atoms with van der Waals surface area (Å²) in [6.45, 7) is 0.597. The first-order chi connectivity index (χ1) is 14.2. The maximum Gasteiger partial charge on any atom is 0.263 e. The number of thioether (sulfide) groups is 1. The Bertz CT molecular complexity index is 1120. The van der Waals surface area contributed by atoms with Crippen molar-refractivity contribution in [1.82, 2.24) is 9.55 Å². The molecule has 0 bridgehead atoms. The topological polar surface area (TPSA) is 52.0 Å². The summed E-state index contributed by atoms with van der Waals surface area (Å²) in [5, 5.41) is 1.48. The highest BCUT2D eigenvalue weighted by atomic mass is 32.2. The van der Waals surface area contributed by atoms with E-state index in [1.807, 2.05) is 22.8 Å². The molecule has 1 unspecified atom stereocenters. The Balaban J connectivity index is 1.55. The molecule has 2 heterocycles. The van der Waals surface area contributed by atoms with Gasteiger partial charge in [-0.25, -0.2) is 4.98 Å². The number of thiophene rings is 1. The van der Waals surface area contributed by atoms with Gasteiger partial charge in [-0.15, -0.1) is 11.3 Å². The number of carbonyl (C=O) groups is 1. The van der Waals surface area contributed by atoms with E-state index in [0.717, 1.165) is 60.3 Å². The van der Waals surface area contributed by atoms with Gasteiger partial charge >= 0.3 is 0 Å². The highest BCUT2D eigenvalue weighted by molar-refractivity contribution is 8.00. The number of nitrogens with zero attached hydrogens (tertiary/aromatic N) is 2. The number of hydrogen-bond donors (Lipinski definition) is 0. The van der Waals surface area contributed by atoms with Crippen LogP contribution in [-0.2, 0) is 30.6 Å². The highest BCUT2D eigenvalue weighted by Crippen LogP contribution is 2.37. The van der Waals surface area contributed by atoms with Crippen LogP contribution in [0.1, 0.15) is 48.1 Å². The summed E-state index contributed by atoms with van der Waals surface area (Å²) in [6.07, 6.45) is 7.56. The maximum absolute atomic E-state index is 13.5. The molecular weight excluding hydrogens is 400 g/mol. The Hall–Kier alpha value is -1.92. The average molecular weight is 425 g/mol. The van der Waals surface area contributed by atoms with Gasteiger partial charge in [0.2, 0.25) is 0 Å². The molecule has 2 aromatic heterocycles. The lowest BCUT2D eigenvalue weighted by molar-refractivity contribution is -0.119. The molecule has 2 aliphatic carbocycles. The van der Waals surface area contributed by atoms with Gasteiger partial charge < -0.3 is 0 Å². The molecule has 0 radical (unpaired) electrons. The summed E-state index contributed by atoms with van der Waals surface area (Å²) in [7, 11) is 0. The van der Waals surface area contributed by atoms with Crippen LogP contribution >= 0.6 is 23.1 Å². The van der Waals surface area contributed by atoms with Gasteiger partial charge in [-0.3, -0.25) is 14.2 Å². The number of Topliss-reactive ketones (excluding diaryl/α,β-unsaturated/α-hetero) is 1. The maximum atomic E-state index is 13.5. The number of aromatic nitrogens is 2. The van der Waals surface area contributed by atoms with Gasteiger partial charge in [0.05, 0.1) is 10.6 Å². The van der Waals surface area contributed by atoms with E-state index in [-0.39, 0.29) is 10.8 Å². The quantitative estimate of drug-likeness (QED) is 0.553. The number of rotatable bonds is 5. The molecule has 0 aliphatic heterocycles. The van der Waals surface area contributed by atoms with Crippen molar-refractivity contribution in [2.45, 2.75) is 68.3 Å². The summed E-state index contributed by atoms with van der Waals surface area (Å²) >= 11 is 3.19. The molecule has 1 atom stereocenters. The SMILES string of the molecule is O=C1CCCCC1Sc1nc2sc3c(c2c(=O)n1CCc1ccccc1)CCC3. The van der Waals surface area contributed by atoms with Crippen LogP contribution in [0.15, 0.2) is 40.3 Å². The predicted molar refractivity (Wildman–Crippen MR) is 119 cm³/mol. The molecule has 1 aromatic carbocycles. The minimum atomic E-state index is -0.0668. The van der Waals surface area contributed by atoms with Crippen LogP contribution in [0.25, 0.3) is 10.2 Å². The van der Waals surface area contributed by atoms with Gasteiger partial charge in [0.25, 0.3) is 5.56 Å². The molecule has 4 nitrogen and oxygen atoms in total. The molecule has 0 saturated heterocycles. The monoisotopic (exact) mass is 424 g/mol. The molecule has 0 spiro atoms. The van der Waals surface area contributed by atoms with Gasteiger partial charge in [-0.05, 0) is 49.7 Å². The van der Waals surface area contributed by atoms with Crippen LogP contribution < -0.4 is 5.56 Å². The third kappa shape index (κ3) is 3.68. The molecular formula is C23H24N2O2S2. The molecule has 0 N–H and O–H groups in total. The van der Waals surface area contributed by atoms with Crippen LogP contribution in [-0.4, -0.2) is 20.6 Å². The predicted octanol–water partition coefficient (Wildman–Crippen LogP) is 4.79. The summed E-state index contributed by atoms with van der Waals surface area (Å²) in [6, 6.07) is 10.3. The molecule has 1 saturated carbocycles. The molecule has 2 aliphatic rings. The van der Waals surface area contributed by atoms with E-state index in [4.69, 9.17) is 4.98 Å². The van der Waals surface area contributed by atoms with E-state index in [1.54, 1.807) is 11.3 Å². The second-order valence-corrected chi connectivity index (χ2v) is 10.2. The zero-order chi connectivity index (χ0) is 19.8. The lowest BCUT2D eigenvalue weighted by atomic mass is 9.99. The number of carbonyl (C=O) groups excluding carboxylic acids is 1. The third-order valence-electron chi connectivity index (χ3n) is 6.00. The van der Waals surface area contributed by atoms with Gasteiger partial charge in [-0.1, -0.05) is 48.5 Å². The van der Waals surface area contributed by atoms with E-state index >= 15 is 0 Å².